The van der Waals surface area contributed by atoms with E-state index in [1.807, 2.05) is 6.92 Å². The van der Waals surface area contributed by atoms with Crippen LogP contribution in [0.15, 0.2) is 0 Å². The number of aliphatic hydroxyl groups excluding tert-OH is 2. The maximum atomic E-state index is 9.18. The largest absolute Gasteiger partial charge is 0.392 e. The molecular weight excluding hydrogens is 140 g/mol. The van der Waals surface area contributed by atoms with E-state index in [0.29, 0.717) is 6.42 Å². The molecule has 0 bridgehead atoms. The van der Waals surface area contributed by atoms with E-state index >= 15 is 0 Å². The fourth-order valence-corrected chi connectivity index (χ4v) is 0.760. The summed E-state index contributed by atoms with van der Waals surface area (Å²) < 4.78 is 0. The van der Waals surface area contributed by atoms with Crippen molar-refractivity contribution in [2.75, 3.05) is 0 Å². The van der Waals surface area contributed by atoms with Gasteiger partial charge in [0.25, 0.3) is 0 Å². The molecule has 2 N–H and O–H groups in total. The van der Waals surface area contributed by atoms with Crippen LogP contribution in [-0.4, -0.2) is 22.4 Å². The first-order valence-corrected chi connectivity index (χ1v) is 4.01. The first-order chi connectivity index (χ1) is 5.16. The summed E-state index contributed by atoms with van der Waals surface area (Å²) in [7, 11) is 0. The lowest BCUT2D eigenvalue weighted by atomic mass is 10.1. The minimum absolute atomic E-state index is 0.328. The van der Waals surface area contributed by atoms with Crippen LogP contribution in [0.5, 0.6) is 0 Å². The van der Waals surface area contributed by atoms with Gasteiger partial charge in [0.15, 0.2) is 0 Å². The van der Waals surface area contributed by atoms with Crippen LogP contribution in [0.4, 0.5) is 0 Å². The van der Waals surface area contributed by atoms with Crippen LogP contribution < -0.4 is 0 Å². The van der Waals surface area contributed by atoms with E-state index in [9.17, 15) is 5.11 Å². The average Bonchev–Trinajstić information content (AvgIpc) is 1.87. The lowest BCUT2D eigenvalue weighted by Crippen LogP contribution is -2.04. The Morgan fingerprint density at radius 3 is 2.45 bits per heavy atom. The molecule has 0 rings (SSSR count). The molecule has 0 spiro atoms. The molecule has 0 aromatic carbocycles. The molecule has 2 unspecified atom stereocenters. The molecule has 64 valence electrons. The molecule has 0 fully saturated rings. The summed E-state index contributed by atoms with van der Waals surface area (Å²) in [6.07, 6.45) is 1.32. The monoisotopic (exact) mass is 156 g/mol. The molecule has 0 saturated heterocycles. The van der Waals surface area contributed by atoms with Crippen molar-refractivity contribution in [3.05, 3.63) is 0 Å². The second kappa shape index (κ2) is 6.21. The van der Waals surface area contributed by atoms with Gasteiger partial charge in [-0.25, -0.2) is 0 Å². The molecule has 2 heteroatoms. The number of rotatable bonds is 3. The predicted molar refractivity (Wildman–Crippen MR) is 45.0 cm³/mol. The first kappa shape index (κ1) is 10.5. The van der Waals surface area contributed by atoms with E-state index in [1.54, 1.807) is 6.92 Å². The molecule has 2 atom stereocenters. The zero-order chi connectivity index (χ0) is 8.69. The SMILES string of the molecule is CCCC(O)CC#CC(C)O. The molecule has 2 nitrogen and oxygen atoms in total. The van der Waals surface area contributed by atoms with Gasteiger partial charge >= 0.3 is 0 Å². The zero-order valence-corrected chi connectivity index (χ0v) is 7.17. The van der Waals surface area contributed by atoms with Gasteiger partial charge in [-0.2, -0.15) is 0 Å². The quantitative estimate of drug-likeness (QED) is 0.596. The van der Waals surface area contributed by atoms with Crippen molar-refractivity contribution >= 4 is 0 Å². The van der Waals surface area contributed by atoms with Crippen LogP contribution in [0.3, 0.4) is 0 Å². The average molecular weight is 156 g/mol. The van der Waals surface area contributed by atoms with E-state index in [1.165, 1.54) is 0 Å². The van der Waals surface area contributed by atoms with Crippen molar-refractivity contribution in [3.63, 3.8) is 0 Å². The minimum Gasteiger partial charge on any atom is -0.392 e. The minimum atomic E-state index is -0.580. The van der Waals surface area contributed by atoms with Crippen molar-refractivity contribution in [2.45, 2.75) is 45.3 Å². The summed E-state index contributed by atoms with van der Waals surface area (Å²) in [5, 5.41) is 17.9. The Morgan fingerprint density at radius 1 is 1.36 bits per heavy atom. The second-order valence-electron chi connectivity index (χ2n) is 2.64. The highest BCUT2D eigenvalue weighted by atomic mass is 16.3. The zero-order valence-electron chi connectivity index (χ0n) is 7.17. The number of aliphatic hydroxyl groups is 2. The first-order valence-electron chi connectivity index (χ1n) is 4.01. The highest BCUT2D eigenvalue weighted by molar-refractivity contribution is 5.03. The summed E-state index contributed by atoms with van der Waals surface area (Å²) in [5.74, 6) is 5.30. The molecule has 0 aliphatic heterocycles. The second-order valence-corrected chi connectivity index (χ2v) is 2.64. The Bertz CT molecular complexity index is 141. The molecule has 11 heavy (non-hydrogen) atoms. The third kappa shape index (κ3) is 7.38. The van der Waals surface area contributed by atoms with Gasteiger partial charge in [-0.3, -0.25) is 0 Å². The van der Waals surface area contributed by atoms with Crippen molar-refractivity contribution in [2.24, 2.45) is 0 Å². The van der Waals surface area contributed by atoms with Crippen LogP contribution in [0, 0.1) is 11.8 Å². The third-order valence-corrected chi connectivity index (χ3v) is 1.27. The number of hydrogen-bond acceptors (Lipinski definition) is 2. The Kier molecular flexibility index (Phi) is 5.91. The lowest BCUT2D eigenvalue weighted by molar-refractivity contribution is 0.169. The van der Waals surface area contributed by atoms with Crippen molar-refractivity contribution < 1.29 is 10.2 Å². The fourth-order valence-electron chi connectivity index (χ4n) is 0.760. The van der Waals surface area contributed by atoms with Gasteiger partial charge in [-0.1, -0.05) is 25.2 Å². The number of hydrogen-bond donors (Lipinski definition) is 2. The molecule has 0 aliphatic rings. The van der Waals surface area contributed by atoms with Crippen LogP contribution in [0.2, 0.25) is 0 Å². The van der Waals surface area contributed by atoms with Gasteiger partial charge in [0.2, 0.25) is 0 Å². The van der Waals surface area contributed by atoms with Gasteiger partial charge in [0.05, 0.1) is 6.10 Å². The smallest absolute Gasteiger partial charge is 0.111 e. The van der Waals surface area contributed by atoms with Crippen LogP contribution in [-0.2, 0) is 0 Å². The van der Waals surface area contributed by atoms with Crippen LogP contribution in [0.25, 0.3) is 0 Å². The van der Waals surface area contributed by atoms with Gasteiger partial charge in [-0.15, -0.1) is 0 Å². The molecule has 0 aromatic rings. The van der Waals surface area contributed by atoms with E-state index in [-0.39, 0.29) is 6.10 Å². The lowest BCUT2D eigenvalue weighted by Gasteiger charge is -2.02. The van der Waals surface area contributed by atoms with E-state index in [4.69, 9.17) is 5.11 Å². The Morgan fingerprint density at radius 2 is 2.00 bits per heavy atom. The standard InChI is InChI=1S/C9H16O2/c1-3-5-9(11)7-4-6-8(2)10/h8-11H,3,5,7H2,1-2H3. The third-order valence-electron chi connectivity index (χ3n) is 1.27. The highest BCUT2D eigenvalue weighted by Crippen LogP contribution is 1.99. The topological polar surface area (TPSA) is 40.5 Å². The van der Waals surface area contributed by atoms with E-state index in [0.717, 1.165) is 12.8 Å². The fraction of sp³-hybridized carbons (Fsp3) is 0.778. The molecule has 0 radical (unpaired) electrons. The molecular formula is C9H16O2. The maximum Gasteiger partial charge on any atom is 0.111 e. The maximum absolute atomic E-state index is 9.18. The van der Waals surface area contributed by atoms with Gasteiger partial charge < -0.3 is 10.2 Å². The summed E-state index contributed by atoms with van der Waals surface area (Å²) in [6, 6.07) is 0. The normalized spacial score (nSPS) is 14.9. The highest BCUT2D eigenvalue weighted by Gasteiger charge is 1.98. The Labute approximate surface area is 68.2 Å². The molecule has 0 amide bonds. The predicted octanol–water partition coefficient (Wildman–Crippen LogP) is 0.922. The van der Waals surface area contributed by atoms with Crippen LogP contribution in [0.1, 0.15) is 33.1 Å². The summed E-state index contributed by atoms with van der Waals surface area (Å²) in [6.45, 7) is 3.63. The summed E-state index contributed by atoms with van der Waals surface area (Å²) in [5.41, 5.74) is 0. The molecule has 0 aliphatic carbocycles. The van der Waals surface area contributed by atoms with Crippen molar-refractivity contribution in [1.29, 1.82) is 0 Å². The summed E-state index contributed by atoms with van der Waals surface area (Å²) >= 11 is 0. The Hall–Kier alpha value is -0.520. The molecule has 0 saturated carbocycles. The Balaban J connectivity index is 3.46. The van der Waals surface area contributed by atoms with Gasteiger partial charge in [0, 0.05) is 6.42 Å². The van der Waals surface area contributed by atoms with Crippen molar-refractivity contribution in [1.82, 2.24) is 0 Å². The van der Waals surface area contributed by atoms with Gasteiger partial charge in [0.1, 0.15) is 6.10 Å². The molecule has 0 aromatic heterocycles. The van der Waals surface area contributed by atoms with Crippen molar-refractivity contribution in [3.8, 4) is 11.8 Å². The van der Waals surface area contributed by atoms with Gasteiger partial charge in [-0.05, 0) is 13.3 Å². The van der Waals surface area contributed by atoms with E-state index in [2.05, 4.69) is 11.8 Å². The van der Waals surface area contributed by atoms with Crippen LogP contribution >= 0.6 is 0 Å². The molecule has 0 heterocycles. The summed E-state index contributed by atoms with van der Waals surface area (Å²) in [4.78, 5) is 0. The van der Waals surface area contributed by atoms with E-state index < -0.39 is 6.10 Å².